The third-order valence-electron chi connectivity index (χ3n) is 3.49. The Morgan fingerprint density at radius 1 is 1.26 bits per heavy atom. The molecule has 0 saturated carbocycles. The zero-order chi connectivity index (χ0) is 16.8. The van der Waals surface area contributed by atoms with Crippen molar-refractivity contribution in [3.63, 3.8) is 0 Å². The number of ketones is 1. The number of aromatic nitrogens is 3. The summed E-state index contributed by atoms with van der Waals surface area (Å²) in [5.74, 6) is 0.747. The van der Waals surface area contributed by atoms with Gasteiger partial charge in [0.15, 0.2) is 10.9 Å². The maximum atomic E-state index is 12.1. The number of carbonyl (C=O) groups is 2. The summed E-state index contributed by atoms with van der Waals surface area (Å²) in [5, 5.41) is 11.4. The molecule has 1 amide bonds. The van der Waals surface area contributed by atoms with Crippen molar-refractivity contribution < 1.29 is 9.59 Å². The minimum absolute atomic E-state index is 0.0540. The van der Waals surface area contributed by atoms with Gasteiger partial charge in [-0.1, -0.05) is 42.1 Å². The fraction of sp³-hybridized carbons (Fsp3) is 0.375. The second-order valence-electron chi connectivity index (χ2n) is 5.30. The molecule has 6 nitrogen and oxygen atoms in total. The highest BCUT2D eigenvalue weighted by atomic mass is 32.2. The lowest BCUT2D eigenvalue weighted by Crippen LogP contribution is -2.42. The number of thioether (sulfide) groups is 1. The van der Waals surface area contributed by atoms with Gasteiger partial charge in [-0.15, -0.1) is 10.2 Å². The average molecular weight is 332 g/mol. The number of rotatable bonds is 7. The van der Waals surface area contributed by atoms with E-state index in [0.717, 1.165) is 11.4 Å². The van der Waals surface area contributed by atoms with E-state index in [1.165, 1.54) is 18.7 Å². The van der Waals surface area contributed by atoms with Crippen LogP contribution in [-0.2, 0) is 23.1 Å². The molecular formula is C16H20N4O2S. The van der Waals surface area contributed by atoms with Crippen molar-refractivity contribution in [1.29, 1.82) is 0 Å². The summed E-state index contributed by atoms with van der Waals surface area (Å²) < 4.78 is 1.82. The molecule has 0 radical (unpaired) electrons. The largest absolute Gasteiger partial charge is 0.345 e. The highest BCUT2D eigenvalue weighted by Gasteiger charge is 2.18. The zero-order valence-corrected chi connectivity index (χ0v) is 14.3. The SMILES string of the molecule is CC(=O)[C@H](Cc1ccccc1)NC(=O)CSc1nnc(C)n1C. The Kier molecular flexibility index (Phi) is 5.92. The average Bonchev–Trinajstić information content (AvgIpc) is 2.85. The molecule has 1 heterocycles. The molecule has 0 aliphatic rings. The third kappa shape index (κ3) is 4.92. The number of Topliss-reactive ketones (excluding diaryl/α,β-unsaturated/α-hetero) is 1. The number of hydrogen-bond acceptors (Lipinski definition) is 5. The highest BCUT2D eigenvalue weighted by Crippen LogP contribution is 2.15. The molecule has 7 heteroatoms. The first-order valence-electron chi connectivity index (χ1n) is 7.30. The number of hydrogen-bond donors (Lipinski definition) is 1. The Balaban J connectivity index is 1.90. The van der Waals surface area contributed by atoms with E-state index in [2.05, 4.69) is 15.5 Å². The van der Waals surface area contributed by atoms with Gasteiger partial charge in [0.25, 0.3) is 0 Å². The number of nitrogens with zero attached hydrogens (tertiary/aromatic N) is 3. The van der Waals surface area contributed by atoms with Gasteiger partial charge in [-0.3, -0.25) is 9.59 Å². The minimum Gasteiger partial charge on any atom is -0.345 e. The lowest BCUT2D eigenvalue weighted by molar-refractivity contribution is -0.125. The molecule has 0 saturated heterocycles. The first-order chi connectivity index (χ1) is 11.0. The molecular weight excluding hydrogens is 312 g/mol. The molecule has 122 valence electrons. The van der Waals surface area contributed by atoms with Gasteiger partial charge in [0.2, 0.25) is 5.91 Å². The van der Waals surface area contributed by atoms with Crippen molar-refractivity contribution in [2.24, 2.45) is 7.05 Å². The Hall–Kier alpha value is -2.15. The standard InChI is InChI=1S/C16H20N4O2S/c1-11(21)14(9-13-7-5-4-6-8-13)17-15(22)10-23-16-19-18-12(2)20(16)3/h4-8,14H,9-10H2,1-3H3,(H,17,22)/t14-/m0/s1. The summed E-state index contributed by atoms with van der Waals surface area (Å²) in [5.41, 5.74) is 1.02. The Bertz CT molecular complexity index is 685. The monoisotopic (exact) mass is 332 g/mol. The summed E-state index contributed by atoms with van der Waals surface area (Å²) >= 11 is 1.30. The molecule has 0 spiro atoms. The van der Waals surface area contributed by atoms with Gasteiger partial charge >= 0.3 is 0 Å². The molecule has 0 fully saturated rings. The van der Waals surface area contributed by atoms with Crippen LogP contribution in [0, 0.1) is 6.92 Å². The predicted molar refractivity (Wildman–Crippen MR) is 89.2 cm³/mol. The molecule has 0 bridgehead atoms. The van der Waals surface area contributed by atoms with Crippen molar-refractivity contribution in [2.45, 2.75) is 31.5 Å². The molecule has 1 aromatic heterocycles. The molecule has 23 heavy (non-hydrogen) atoms. The van der Waals surface area contributed by atoms with Gasteiger partial charge in [0.1, 0.15) is 5.82 Å². The molecule has 0 aliphatic carbocycles. The van der Waals surface area contributed by atoms with Crippen molar-refractivity contribution in [3.8, 4) is 0 Å². The summed E-state index contributed by atoms with van der Waals surface area (Å²) in [7, 11) is 1.85. The zero-order valence-electron chi connectivity index (χ0n) is 13.4. The molecule has 0 unspecified atom stereocenters. The predicted octanol–water partition coefficient (Wildman–Crippen LogP) is 1.53. The summed E-state index contributed by atoms with van der Waals surface area (Å²) in [4.78, 5) is 23.9. The van der Waals surface area contributed by atoms with Crippen molar-refractivity contribution in [2.75, 3.05) is 5.75 Å². The summed E-state index contributed by atoms with van der Waals surface area (Å²) in [6.45, 7) is 3.34. The van der Waals surface area contributed by atoms with Gasteiger partial charge in [0.05, 0.1) is 11.8 Å². The number of carbonyl (C=O) groups excluding carboxylic acids is 2. The first kappa shape index (κ1) is 17.2. The van der Waals surface area contributed by atoms with Crippen molar-refractivity contribution in [3.05, 3.63) is 41.7 Å². The Morgan fingerprint density at radius 3 is 2.52 bits per heavy atom. The molecule has 1 aromatic carbocycles. The maximum Gasteiger partial charge on any atom is 0.231 e. The molecule has 1 atom stereocenters. The number of amides is 1. The number of nitrogens with one attached hydrogen (secondary N) is 1. The van der Waals surface area contributed by atoms with E-state index in [1.807, 2.05) is 48.9 Å². The molecule has 0 aliphatic heterocycles. The molecule has 2 rings (SSSR count). The van der Waals surface area contributed by atoms with Crippen LogP contribution in [-0.4, -0.2) is 38.2 Å². The van der Waals surface area contributed by atoms with Crippen LogP contribution in [0.5, 0.6) is 0 Å². The van der Waals surface area contributed by atoms with Crippen LogP contribution in [0.1, 0.15) is 18.3 Å². The normalized spacial score (nSPS) is 12.0. The van der Waals surface area contributed by atoms with E-state index >= 15 is 0 Å². The van der Waals surface area contributed by atoms with E-state index in [1.54, 1.807) is 0 Å². The van der Waals surface area contributed by atoms with Gasteiger partial charge in [-0.2, -0.15) is 0 Å². The molecule has 2 aromatic rings. The first-order valence-corrected chi connectivity index (χ1v) is 8.28. The van der Waals surface area contributed by atoms with Crippen LogP contribution in [0.15, 0.2) is 35.5 Å². The maximum absolute atomic E-state index is 12.1. The molecule has 1 N–H and O–H groups in total. The quantitative estimate of drug-likeness (QED) is 0.778. The minimum atomic E-state index is -0.508. The van der Waals surface area contributed by atoms with Crippen LogP contribution in [0.2, 0.25) is 0 Å². The van der Waals surface area contributed by atoms with E-state index < -0.39 is 6.04 Å². The Morgan fingerprint density at radius 2 is 1.96 bits per heavy atom. The van der Waals surface area contributed by atoms with Crippen molar-refractivity contribution in [1.82, 2.24) is 20.1 Å². The topological polar surface area (TPSA) is 76.9 Å². The highest BCUT2D eigenvalue weighted by molar-refractivity contribution is 7.99. The Labute approximate surface area is 139 Å². The van der Waals surface area contributed by atoms with Gasteiger partial charge in [0, 0.05) is 7.05 Å². The number of benzene rings is 1. The smallest absolute Gasteiger partial charge is 0.231 e. The number of aryl methyl sites for hydroxylation is 1. The van der Waals surface area contributed by atoms with E-state index in [0.29, 0.717) is 11.6 Å². The van der Waals surface area contributed by atoms with E-state index in [-0.39, 0.29) is 17.4 Å². The summed E-state index contributed by atoms with van der Waals surface area (Å²) in [6.07, 6.45) is 0.496. The second-order valence-corrected chi connectivity index (χ2v) is 6.24. The van der Waals surface area contributed by atoms with Crippen molar-refractivity contribution >= 4 is 23.5 Å². The third-order valence-corrected chi connectivity index (χ3v) is 4.51. The van der Waals surface area contributed by atoms with Crippen LogP contribution >= 0.6 is 11.8 Å². The lowest BCUT2D eigenvalue weighted by atomic mass is 10.0. The van der Waals surface area contributed by atoms with Gasteiger partial charge in [-0.25, -0.2) is 0 Å². The van der Waals surface area contributed by atoms with Gasteiger partial charge in [-0.05, 0) is 25.8 Å². The lowest BCUT2D eigenvalue weighted by Gasteiger charge is -2.16. The van der Waals surface area contributed by atoms with Crippen LogP contribution in [0.25, 0.3) is 0 Å². The fourth-order valence-electron chi connectivity index (χ4n) is 2.03. The van der Waals surface area contributed by atoms with Crippen LogP contribution in [0.4, 0.5) is 0 Å². The second kappa shape index (κ2) is 7.92. The van der Waals surface area contributed by atoms with Crippen LogP contribution in [0.3, 0.4) is 0 Å². The van der Waals surface area contributed by atoms with Gasteiger partial charge < -0.3 is 9.88 Å². The summed E-state index contributed by atoms with van der Waals surface area (Å²) in [6, 6.07) is 9.14. The van der Waals surface area contributed by atoms with E-state index in [9.17, 15) is 9.59 Å². The fourth-order valence-corrected chi connectivity index (χ4v) is 2.79. The van der Waals surface area contributed by atoms with Crippen LogP contribution < -0.4 is 5.32 Å². The van der Waals surface area contributed by atoms with E-state index in [4.69, 9.17) is 0 Å².